The van der Waals surface area contributed by atoms with Crippen molar-refractivity contribution in [3.63, 3.8) is 0 Å². The van der Waals surface area contributed by atoms with Gasteiger partial charge in [0.25, 0.3) is 7.82 Å². The minimum absolute atomic E-state index is 0.00718. The summed E-state index contributed by atoms with van der Waals surface area (Å²) in [6, 6.07) is -0.909. The van der Waals surface area contributed by atoms with Crippen LogP contribution in [0.1, 0.15) is 328 Å². The molecule has 0 rings (SSSR count). The number of carbonyl (C=O) groups is 1. The van der Waals surface area contributed by atoms with Crippen LogP contribution in [-0.4, -0.2) is 68.5 Å². The van der Waals surface area contributed by atoms with Crippen molar-refractivity contribution in [2.24, 2.45) is 0 Å². The Kier molecular flexibility index (Phi) is 56.4. The van der Waals surface area contributed by atoms with Crippen molar-refractivity contribution in [3.05, 3.63) is 36.5 Å². The number of hydrogen-bond acceptors (Lipinski definition) is 6. The molecule has 2 N–H and O–H groups in total. The molecule has 8 nitrogen and oxygen atoms in total. The van der Waals surface area contributed by atoms with Crippen LogP contribution in [0.4, 0.5) is 0 Å². The van der Waals surface area contributed by atoms with E-state index in [1.807, 2.05) is 27.2 Å². The van der Waals surface area contributed by atoms with Crippen LogP contribution in [-0.2, 0) is 18.4 Å². The van der Waals surface area contributed by atoms with Gasteiger partial charge in [-0.15, -0.1) is 0 Å². The molecular formula is C66H129N2O6P. The second-order valence-electron chi connectivity index (χ2n) is 23.8. The first-order valence-corrected chi connectivity index (χ1v) is 34.3. The first-order chi connectivity index (χ1) is 36.5. The number of unbranched alkanes of at least 4 members (excludes halogenated alkanes) is 44. The molecule has 0 saturated heterocycles. The van der Waals surface area contributed by atoms with E-state index in [2.05, 4.69) is 43.5 Å². The second-order valence-corrected chi connectivity index (χ2v) is 25.2. The molecule has 0 aromatic heterocycles. The van der Waals surface area contributed by atoms with Crippen molar-refractivity contribution in [2.75, 3.05) is 40.9 Å². The average molecular weight is 1080 g/mol. The van der Waals surface area contributed by atoms with Crippen LogP contribution in [0.2, 0.25) is 0 Å². The van der Waals surface area contributed by atoms with Crippen molar-refractivity contribution in [3.8, 4) is 0 Å². The van der Waals surface area contributed by atoms with Crippen molar-refractivity contribution < 1.29 is 32.9 Å². The molecule has 0 fully saturated rings. The standard InChI is InChI=1S/C66H129N2O6P/c1-6-8-10-12-14-16-18-20-22-24-26-28-30-31-32-33-34-35-36-38-40-42-44-46-48-50-52-54-56-58-60-66(70)67-64(63-74-75(71,72)73-62-61-68(3,4)5)65(69)59-57-55-53-51-49-47-45-43-41-39-37-29-27-25-23-21-19-17-15-13-11-9-7-2/h41,43,49,51,57,59,64-65,69H,6-40,42,44-48,50,52-56,58,60-63H2,1-5H3,(H-,67,70,71,72)/b43-41+,51-49+,59-57+. The highest BCUT2D eigenvalue weighted by molar-refractivity contribution is 7.45. The van der Waals surface area contributed by atoms with Gasteiger partial charge in [-0.3, -0.25) is 9.36 Å². The molecule has 444 valence electrons. The Labute approximate surface area is 467 Å². The Hall–Kier alpha value is -1.28. The molecular weight excluding hydrogens is 948 g/mol. The highest BCUT2D eigenvalue weighted by Crippen LogP contribution is 2.38. The minimum atomic E-state index is -4.61. The lowest BCUT2D eigenvalue weighted by molar-refractivity contribution is -0.870. The summed E-state index contributed by atoms with van der Waals surface area (Å²) in [5.41, 5.74) is 0. The Morgan fingerprint density at radius 1 is 0.453 bits per heavy atom. The smallest absolute Gasteiger partial charge is 0.268 e. The molecule has 3 unspecified atom stereocenters. The third-order valence-electron chi connectivity index (χ3n) is 15.1. The third-order valence-corrected chi connectivity index (χ3v) is 16.0. The Bertz CT molecular complexity index is 1320. The van der Waals surface area contributed by atoms with E-state index in [-0.39, 0.29) is 12.5 Å². The second kappa shape index (κ2) is 57.4. The molecule has 0 aliphatic heterocycles. The predicted molar refractivity (Wildman–Crippen MR) is 325 cm³/mol. The van der Waals surface area contributed by atoms with Crippen LogP contribution in [0, 0.1) is 0 Å². The molecule has 1 amide bonds. The predicted octanol–water partition coefficient (Wildman–Crippen LogP) is 19.9. The zero-order chi connectivity index (χ0) is 54.9. The van der Waals surface area contributed by atoms with Crippen molar-refractivity contribution in [1.82, 2.24) is 5.32 Å². The van der Waals surface area contributed by atoms with Gasteiger partial charge in [0.15, 0.2) is 0 Å². The Balaban J connectivity index is 4.12. The summed E-state index contributed by atoms with van der Waals surface area (Å²) in [4.78, 5) is 25.6. The molecule has 0 bridgehead atoms. The molecule has 75 heavy (non-hydrogen) atoms. The van der Waals surface area contributed by atoms with Gasteiger partial charge < -0.3 is 28.8 Å². The van der Waals surface area contributed by atoms with E-state index < -0.39 is 26.6 Å². The van der Waals surface area contributed by atoms with E-state index in [0.717, 1.165) is 44.9 Å². The van der Waals surface area contributed by atoms with E-state index in [4.69, 9.17) is 9.05 Å². The molecule has 0 aliphatic rings. The van der Waals surface area contributed by atoms with Gasteiger partial charge >= 0.3 is 0 Å². The van der Waals surface area contributed by atoms with E-state index in [9.17, 15) is 19.4 Å². The number of phosphoric ester groups is 1. The number of phosphoric acid groups is 1. The number of allylic oxidation sites excluding steroid dienone is 5. The summed E-state index contributed by atoms with van der Waals surface area (Å²) in [5, 5.41) is 13.9. The van der Waals surface area contributed by atoms with E-state index in [1.54, 1.807) is 6.08 Å². The maximum atomic E-state index is 13.0. The fourth-order valence-corrected chi connectivity index (χ4v) is 10.7. The van der Waals surface area contributed by atoms with Gasteiger partial charge in [-0.2, -0.15) is 0 Å². The van der Waals surface area contributed by atoms with Crippen LogP contribution in [0.3, 0.4) is 0 Å². The largest absolute Gasteiger partial charge is 0.756 e. The molecule has 0 aromatic rings. The van der Waals surface area contributed by atoms with Crippen molar-refractivity contribution >= 4 is 13.7 Å². The van der Waals surface area contributed by atoms with E-state index in [0.29, 0.717) is 17.4 Å². The number of carbonyl (C=O) groups excluding carboxylic acids is 1. The number of likely N-dealkylation sites (N-methyl/N-ethyl adjacent to an activating group) is 1. The van der Waals surface area contributed by atoms with Crippen LogP contribution < -0.4 is 10.2 Å². The number of nitrogens with zero attached hydrogens (tertiary/aromatic N) is 1. The lowest BCUT2D eigenvalue weighted by Crippen LogP contribution is -2.45. The quantitative estimate of drug-likeness (QED) is 0.0272. The number of hydrogen-bond donors (Lipinski definition) is 2. The van der Waals surface area contributed by atoms with Gasteiger partial charge in [-0.1, -0.05) is 314 Å². The first kappa shape index (κ1) is 73.7. The summed E-state index contributed by atoms with van der Waals surface area (Å²) in [6.45, 7) is 4.67. The number of rotatable bonds is 61. The third kappa shape index (κ3) is 60.2. The van der Waals surface area contributed by atoms with E-state index >= 15 is 0 Å². The topological polar surface area (TPSA) is 108 Å². The molecule has 0 aliphatic carbocycles. The van der Waals surface area contributed by atoms with Crippen LogP contribution in [0.15, 0.2) is 36.5 Å². The van der Waals surface area contributed by atoms with Gasteiger partial charge in [-0.25, -0.2) is 0 Å². The van der Waals surface area contributed by atoms with Crippen LogP contribution >= 0.6 is 7.82 Å². The zero-order valence-electron chi connectivity index (χ0n) is 50.8. The van der Waals surface area contributed by atoms with E-state index in [1.165, 1.54) is 263 Å². The number of nitrogens with one attached hydrogen (secondary N) is 1. The highest BCUT2D eigenvalue weighted by Gasteiger charge is 2.23. The molecule has 0 spiro atoms. The SMILES string of the molecule is CCCCCCCCCCCCCCC/C=C/CC/C=C/CC/C=C/C(O)C(COP(=O)([O-])OCC[N+](C)(C)C)NC(=O)CCCCCCCCCCCCCCCCCCCCCCCCCCCCCCCC. The number of aliphatic hydroxyl groups is 1. The monoisotopic (exact) mass is 1080 g/mol. The Morgan fingerprint density at radius 3 is 1.08 bits per heavy atom. The summed E-state index contributed by atoms with van der Waals surface area (Å²) in [7, 11) is 1.25. The lowest BCUT2D eigenvalue weighted by Gasteiger charge is -2.29. The maximum absolute atomic E-state index is 13.0. The molecule has 3 atom stereocenters. The summed E-state index contributed by atoms with van der Waals surface area (Å²) in [5.74, 6) is -0.204. The van der Waals surface area contributed by atoms with Gasteiger partial charge in [-0.05, 0) is 44.9 Å². The molecule has 0 aromatic carbocycles. The first-order valence-electron chi connectivity index (χ1n) is 32.9. The summed E-state index contributed by atoms with van der Waals surface area (Å²) >= 11 is 0. The Morgan fingerprint density at radius 2 is 0.747 bits per heavy atom. The number of quaternary nitrogens is 1. The van der Waals surface area contributed by atoms with Gasteiger partial charge in [0, 0.05) is 6.42 Å². The summed E-state index contributed by atoms with van der Waals surface area (Å²) < 4.78 is 23.4. The molecule has 0 heterocycles. The fourth-order valence-electron chi connectivity index (χ4n) is 9.95. The number of aliphatic hydroxyl groups excluding tert-OH is 1. The summed E-state index contributed by atoms with van der Waals surface area (Å²) in [6.07, 6.45) is 75.5. The molecule has 0 radical (unpaired) electrons. The normalized spacial score (nSPS) is 14.0. The van der Waals surface area contributed by atoms with Gasteiger partial charge in [0.1, 0.15) is 13.2 Å². The lowest BCUT2D eigenvalue weighted by atomic mass is 10.0. The number of amides is 1. The molecule has 9 heteroatoms. The minimum Gasteiger partial charge on any atom is -0.756 e. The average Bonchev–Trinajstić information content (AvgIpc) is 3.37. The fraction of sp³-hybridized carbons (Fsp3) is 0.894. The van der Waals surface area contributed by atoms with Gasteiger partial charge in [0.05, 0.1) is 39.9 Å². The zero-order valence-corrected chi connectivity index (χ0v) is 51.7. The highest BCUT2D eigenvalue weighted by atomic mass is 31.2. The van der Waals surface area contributed by atoms with Crippen LogP contribution in [0.25, 0.3) is 0 Å². The van der Waals surface area contributed by atoms with Crippen molar-refractivity contribution in [1.29, 1.82) is 0 Å². The van der Waals surface area contributed by atoms with Crippen LogP contribution in [0.5, 0.6) is 0 Å². The van der Waals surface area contributed by atoms with Crippen molar-refractivity contribution in [2.45, 2.75) is 341 Å². The maximum Gasteiger partial charge on any atom is 0.268 e. The van der Waals surface area contributed by atoms with Gasteiger partial charge in [0.2, 0.25) is 5.91 Å². The molecule has 0 saturated carbocycles.